The second-order valence-corrected chi connectivity index (χ2v) is 7.68. The van der Waals surface area contributed by atoms with Crippen LogP contribution in [-0.4, -0.2) is 23.1 Å². The predicted octanol–water partition coefficient (Wildman–Crippen LogP) is 6.19. The molecule has 0 spiro atoms. The number of amides is 1. The fraction of sp³-hybridized carbons (Fsp3) is 0.348. The largest absolute Gasteiger partial charge is 0.445 e. The number of hydrogen-bond donors (Lipinski definition) is 0. The summed E-state index contributed by atoms with van der Waals surface area (Å²) in [5.41, 5.74) is 0.299. The van der Waals surface area contributed by atoms with Gasteiger partial charge in [0.25, 0.3) is 0 Å². The van der Waals surface area contributed by atoms with Gasteiger partial charge in [-0.3, -0.25) is 4.90 Å². The summed E-state index contributed by atoms with van der Waals surface area (Å²) in [5, 5.41) is 0. The first-order chi connectivity index (χ1) is 14.3. The normalized spacial score (nSPS) is 21.2. The van der Waals surface area contributed by atoms with E-state index in [0.717, 1.165) is 30.2 Å². The molecular formula is C23H21F4NO2. The average Bonchev–Trinajstić information content (AvgIpc) is 2.71. The van der Waals surface area contributed by atoms with Gasteiger partial charge in [0.15, 0.2) is 0 Å². The number of ether oxygens (including phenoxy) is 1. The van der Waals surface area contributed by atoms with E-state index in [0.29, 0.717) is 18.4 Å². The van der Waals surface area contributed by atoms with Crippen LogP contribution in [0.5, 0.6) is 0 Å². The summed E-state index contributed by atoms with van der Waals surface area (Å²) < 4.78 is 59.6. The molecule has 0 aliphatic carbocycles. The van der Waals surface area contributed by atoms with Crippen molar-refractivity contribution in [2.45, 2.75) is 50.6 Å². The van der Waals surface area contributed by atoms with Crippen LogP contribution in [0.15, 0.2) is 54.6 Å². The SMILES string of the molecule is O=C(OCc1ccccc1)N1C2C=C(c3cc(F)ccc3C(F)(F)F)CC1CCC2. The van der Waals surface area contributed by atoms with Gasteiger partial charge in [-0.2, -0.15) is 13.2 Å². The van der Waals surface area contributed by atoms with Gasteiger partial charge >= 0.3 is 12.3 Å². The fourth-order valence-electron chi connectivity index (χ4n) is 4.34. The Labute approximate surface area is 171 Å². The first-order valence-corrected chi connectivity index (χ1v) is 9.90. The highest BCUT2D eigenvalue weighted by atomic mass is 19.4. The molecule has 2 aliphatic heterocycles. The standard InChI is InChI=1S/C23H21F4NO2/c24-17-9-10-21(23(25,26)27)20(13-17)16-11-18-7-4-8-19(12-16)28(18)22(29)30-14-15-5-2-1-3-6-15/h1-3,5-6,9-11,13,18-19H,4,7-8,12,14H2. The van der Waals surface area contributed by atoms with Gasteiger partial charge in [-0.25, -0.2) is 9.18 Å². The molecule has 2 unspecified atom stereocenters. The molecule has 2 aromatic rings. The molecule has 7 heteroatoms. The number of fused-ring (bicyclic) bond motifs is 2. The highest BCUT2D eigenvalue weighted by Crippen LogP contribution is 2.42. The van der Waals surface area contributed by atoms with E-state index < -0.39 is 23.7 Å². The zero-order chi connectivity index (χ0) is 21.3. The lowest BCUT2D eigenvalue weighted by molar-refractivity contribution is -0.137. The van der Waals surface area contributed by atoms with Crippen LogP contribution in [0.4, 0.5) is 22.4 Å². The lowest BCUT2D eigenvalue weighted by Crippen LogP contribution is -2.51. The predicted molar refractivity (Wildman–Crippen MR) is 104 cm³/mol. The Balaban J connectivity index is 1.58. The van der Waals surface area contributed by atoms with Gasteiger partial charge < -0.3 is 4.74 Å². The molecule has 0 saturated carbocycles. The van der Waals surface area contributed by atoms with Crippen LogP contribution in [-0.2, 0) is 17.5 Å². The van der Waals surface area contributed by atoms with E-state index in [1.165, 1.54) is 0 Å². The Hall–Kier alpha value is -2.83. The maximum absolute atomic E-state index is 13.8. The molecular weight excluding hydrogens is 398 g/mol. The van der Waals surface area contributed by atoms with Crippen molar-refractivity contribution in [2.75, 3.05) is 0 Å². The van der Waals surface area contributed by atoms with Gasteiger partial charge in [0.1, 0.15) is 12.4 Å². The Morgan fingerprint density at radius 3 is 2.57 bits per heavy atom. The monoisotopic (exact) mass is 419 g/mol. The number of nitrogens with zero attached hydrogens (tertiary/aromatic N) is 1. The highest BCUT2D eigenvalue weighted by Gasteiger charge is 2.40. The van der Waals surface area contributed by atoms with E-state index in [1.54, 1.807) is 11.0 Å². The molecule has 2 aromatic carbocycles. The molecule has 158 valence electrons. The summed E-state index contributed by atoms with van der Waals surface area (Å²) in [7, 11) is 0. The first kappa shape index (κ1) is 20.4. The Bertz CT molecular complexity index is 955. The van der Waals surface area contributed by atoms with Crippen LogP contribution in [0.2, 0.25) is 0 Å². The number of piperidine rings is 1. The molecule has 2 aliphatic rings. The minimum absolute atomic E-state index is 0.133. The van der Waals surface area contributed by atoms with Gasteiger partial charge in [0, 0.05) is 6.04 Å². The number of rotatable bonds is 3. The first-order valence-electron chi connectivity index (χ1n) is 9.90. The second kappa shape index (κ2) is 8.13. The van der Waals surface area contributed by atoms with Crippen molar-refractivity contribution in [3.05, 3.63) is 77.1 Å². The zero-order valence-corrected chi connectivity index (χ0v) is 16.2. The minimum Gasteiger partial charge on any atom is -0.445 e. The van der Waals surface area contributed by atoms with Crippen LogP contribution < -0.4 is 0 Å². The number of alkyl halides is 3. The third-order valence-corrected chi connectivity index (χ3v) is 5.69. The Kier molecular flexibility index (Phi) is 5.54. The minimum atomic E-state index is -4.58. The van der Waals surface area contributed by atoms with E-state index in [9.17, 15) is 22.4 Å². The maximum Gasteiger partial charge on any atom is 0.416 e. The van der Waals surface area contributed by atoms with Crippen molar-refractivity contribution in [1.29, 1.82) is 0 Å². The molecule has 0 aromatic heterocycles. The van der Waals surface area contributed by atoms with E-state index in [2.05, 4.69) is 0 Å². The third-order valence-electron chi connectivity index (χ3n) is 5.69. The van der Waals surface area contributed by atoms with E-state index in [-0.39, 0.29) is 30.7 Å². The van der Waals surface area contributed by atoms with Gasteiger partial charge in [-0.1, -0.05) is 36.4 Å². The summed E-state index contributed by atoms with van der Waals surface area (Å²) in [6, 6.07) is 11.2. The van der Waals surface area contributed by atoms with Crippen molar-refractivity contribution in [3.8, 4) is 0 Å². The van der Waals surface area contributed by atoms with Crippen molar-refractivity contribution in [1.82, 2.24) is 4.90 Å². The molecule has 0 radical (unpaired) electrons. The molecule has 1 fully saturated rings. The van der Waals surface area contributed by atoms with Crippen molar-refractivity contribution < 1.29 is 27.1 Å². The summed E-state index contributed by atoms with van der Waals surface area (Å²) >= 11 is 0. The van der Waals surface area contributed by atoms with Crippen molar-refractivity contribution >= 4 is 11.7 Å². The summed E-state index contributed by atoms with van der Waals surface area (Å²) in [4.78, 5) is 14.4. The van der Waals surface area contributed by atoms with E-state index in [4.69, 9.17) is 4.74 Å². The zero-order valence-electron chi connectivity index (χ0n) is 16.2. The summed E-state index contributed by atoms with van der Waals surface area (Å²) in [5.74, 6) is -0.714. The van der Waals surface area contributed by atoms with Gasteiger partial charge in [-0.05, 0) is 60.6 Å². The average molecular weight is 419 g/mol. The van der Waals surface area contributed by atoms with Gasteiger partial charge in [0.2, 0.25) is 0 Å². The molecule has 2 atom stereocenters. The molecule has 0 N–H and O–H groups in total. The second-order valence-electron chi connectivity index (χ2n) is 7.68. The lowest BCUT2D eigenvalue weighted by Gasteiger charge is -2.44. The van der Waals surface area contributed by atoms with Crippen molar-refractivity contribution in [3.63, 3.8) is 0 Å². The van der Waals surface area contributed by atoms with Crippen LogP contribution in [0.1, 0.15) is 42.4 Å². The molecule has 1 amide bonds. The molecule has 4 rings (SSSR count). The number of hydrogen-bond acceptors (Lipinski definition) is 2. The molecule has 3 nitrogen and oxygen atoms in total. The molecule has 30 heavy (non-hydrogen) atoms. The van der Waals surface area contributed by atoms with Gasteiger partial charge in [-0.15, -0.1) is 0 Å². The van der Waals surface area contributed by atoms with Crippen molar-refractivity contribution in [2.24, 2.45) is 0 Å². The number of carbonyl (C=O) groups is 1. The third kappa shape index (κ3) is 4.20. The molecule has 1 saturated heterocycles. The number of benzene rings is 2. The van der Waals surface area contributed by atoms with Crippen LogP contribution in [0.25, 0.3) is 5.57 Å². The highest BCUT2D eigenvalue weighted by molar-refractivity contribution is 5.75. The Morgan fingerprint density at radius 2 is 1.87 bits per heavy atom. The van der Waals surface area contributed by atoms with E-state index in [1.807, 2.05) is 30.3 Å². The fourth-order valence-corrected chi connectivity index (χ4v) is 4.34. The van der Waals surface area contributed by atoms with Crippen LogP contribution in [0, 0.1) is 5.82 Å². The topological polar surface area (TPSA) is 29.5 Å². The Morgan fingerprint density at radius 1 is 1.10 bits per heavy atom. The lowest BCUT2D eigenvalue weighted by atomic mass is 9.82. The quantitative estimate of drug-likeness (QED) is 0.555. The number of carbonyl (C=O) groups excluding carboxylic acids is 1. The summed E-state index contributed by atoms with van der Waals surface area (Å²) in [6.45, 7) is 0.133. The molecule has 2 heterocycles. The van der Waals surface area contributed by atoms with Crippen LogP contribution >= 0.6 is 0 Å². The van der Waals surface area contributed by atoms with Crippen LogP contribution in [0.3, 0.4) is 0 Å². The molecule has 2 bridgehead atoms. The van der Waals surface area contributed by atoms with Gasteiger partial charge in [0.05, 0.1) is 11.6 Å². The smallest absolute Gasteiger partial charge is 0.416 e. The van der Waals surface area contributed by atoms with E-state index >= 15 is 0 Å². The maximum atomic E-state index is 13.8. The summed E-state index contributed by atoms with van der Waals surface area (Å²) in [6.07, 6.45) is -0.963. The number of halogens is 4.